The first-order valence-electron chi connectivity index (χ1n) is 9.59. The van der Waals surface area contributed by atoms with Crippen LogP contribution < -0.4 is 10.1 Å². The summed E-state index contributed by atoms with van der Waals surface area (Å²) < 4.78 is 67.2. The molecule has 170 valence electrons. The van der Waals surface area contributed by atoms with Crippen LogP contribution in [0.5, 0.6) is 5.88 Å². The van der Waals surface area contributed by atoms with Gasteiger partial charge in [0, 0.05) is 25.6 Å². The summed E-state index contributed by atoms with van der Waals surface area (Å²) in [6, 6.07) is 8.99. The smallest absolute Gasteiger partial charge is 0.422 e. The molecule has 0 unspecified atom stereocenters. The highest BCUT2D eigenvalue weighted by molar-refractivity contribution is 7.89. The van der Waals surface area contributed by atoms with Crippen LogP contribution in [0.4, 0.5) is 18.9 Å². The van der Waals surface area contributed by atoms with Crippen LogP contribution in [0.1, 0.15) is 25.8 Å². The van der Waals surface area contributed by atoms with E-state index in [0.717, 1.165) is 5.56 Å². The summed E-state index contributed by atoms with van der Waals surface area (Å²) in [6.07, 6.45) is -2.73. The van der Waals surface area contributed by atoms with E-state index in [1.165, 1.54) is 34.8 Å². The van der Waals surface area contributed by atoms with E-state index in [9.17, 15) is 26.4 Å². The summed E-state index contributed by atoms with van der Waals surface area (Å²) >= 11 is 0. The maximum atomic E-state index is 12.5. The highest BCUT2D eigenvalue weighted by atomic mass is 32.2. The number of rotatable bonds is 10. The summed E-state index contributed by atoms with van der Waals surface area (Å²) in [4.78, 5) is 16.0. The number of sulfonamides is 1. The van der Waals surface area contributed by atoms with Crippen molar-refractivity contribution in [1.82, 2.24) is 9.29 Å². The van der Waals surface area contributed by atoms with Crippen molar-refractivity contribution in [3.8, 4) is 5.88 Å². The number of carbonyl (C=O) groups excluding carboxylic acids is 1. The summed E-state index contributed by atoms with van der Waals surface area (Å²) in [7, 11) is -3.53. The molecule has 0 aliphatic carbocycles. The third kappa shape index (κ3) is 7.51. The van der Waals surface area contributed by atoms with Crippen molar-refractivity contribution >= 4 is 21.6 Å². The van der Waals surface area contributed by atoms with Gasteiger partial charge in [-0.05, 0) is 30.2 Å². The third-order valence-electron chi connectivity index (χ3n) is 4.31. The van der Waals surface area contributed by atoms with Crippen molar-refractivity contribution in [3.63, 3.8) is 0 Å². The van der Waals surface area contributed by atoms with Gasteiger partial charge < -0.3 is 10.1 Å². The fraction of sp³-hybridized carbons (Fsp3) is 0.400. The molecule has 2 rings (SSSR count). The number of hydrogen-bond donors (Lipinski definition) is 1. The molecule has 0 atom stereocenters. The van der Waals surface area contributed by atoms with E-state index in [0.29, 0.717) is 25.2 Å². The van der Waals surface area contributed by atoms with Gasteiger partial charge in [-0.3, -0.25) is 4.79 Å². The predicted molar refractivity (Wildman–Crippen MR) is 109 cm³/mol. The molecule has 31 heavy (non-hydrogen) atoms. The lowest BCUT2D eigenvalue weighted by Gasteiger charge is -2.18. The van der Waals surface area contributed by atoms with Crippen molar-refractivity contribution in [1.29, 1.82) is 0 Å². The van der Waals surface area contributed by atoms with Crippen LogP contribution in [0.25, 0.3) is 0 Å². The molecule has 2 aromatic rings. The summed E-state index contributed by atoms with van der Waals surface area (Å²) in [5.74, 6) is -0.513. The second kappa shape index (κ2) is 10.6. The second-order valence-corrected chi connectivity index (χ2v) is 8.51. The third-order valence-corrected chi connectivity index (χ3v) is 6.38. The molecule has 0 spiro atoms. The summed E-state index contributed by atoms with van der Waals surface area (Å²) in [6.45, 7) is 2.86. The summed E-state index contributed by atoms with van der Waals surface area (Å²) in [5.41, 5.74) is 1.12. The van der Waals surface area contributed by atoms with E-state index in [2.05, 4.69) is 15.0 Å². The number of halogens is 3. The first-order chi connectivity index (χ1) is 14.5. The number of alkyl halides is 3. The minimum Gasteiger partial charge on any atom is -0.468 e. The van der Waals surface area contributed by atoms with Crippen LogP contribution >= 0.6 is 0 Å². The normalized spacial score (nSPS) is 12.1. The van der Waals surface area contributed by atoms with Crippen LogP contribution in [-0.2, 0) is 21.2 Å². The number of amides is 1. The predicted octanol–water partition coefficient (Wildman–Crippen LogP) is 3.62. The van der Waals surface area contributed by atoms with Gasteiger partial charge in [-0.25, -0.2) is 13.4 Å². The van der Waals surface area contributed by atoms with Gasteiger partial charge in [0.25, 0.3) is 0 Å². The fourth-order valence-corrected chi connectivity index (χ4v) is 4.18. The molecule has 0 saturated heterocycles. The first kappa shape index (κ1) is 24.6. The van der Waals surface area contributed by atoms with Gasteiger partial charge in [0.15, 0.2) is 6.61 Å². The Bertz CT molecular complexity index is 959. The van der Waals surface area contributed by atoms with Gasteiger partial charge in [-0.1, -0.05) is 26.0 Å². The van der Waals surface area contributed by atoms with Crippen LogP contribution in [0, 0.1) is 0 Å². The van der Waals surface area contributed by atoms with Gasteiger partial charge in [-0.15, -0.1) is 0 Å². The largest absolute Gasteiger partial charge is 0.468 e. The molecule has 1 aromatic heterocycles. The lowest BCUT2D eigenvalue weighted by Crippen LogP contribution is -2.30. The Balaban J connectivity index is 1.87. The van der Waals surface area contributed by atoms with Gasteiger partial charge in [0.1, 0.15) is 0 Å². The Hall–Kier alpha value is -2.66. The molecule has 0 aliphatic rings. The zero-order valence-electron chi connectivity index (χ0n) is 17.1. The standard InChI is InChI=1S/C20H24F3N3O4S/c1-3-26(4-2)31(28,29)17-9-5-15(6-10-17)7-11-18(27)25-16-8-12-19(24-13-16)30-14-20(21,22)23/h5-6,8-10,12-13H,3-4,7,11,14H2,1-2H3,(H,25,27). The van der Waals surface area contributed by atoms with E-state index >= 15 is 0 Å². The van der Waals surface area contributed by atoms with Crippen molar-refractivity contribution in [3.05, 3.63) is 48.2 Å². The van der Waals surface area contributed by atoms with E-state index in [-0.39, 0.29) is 23.1 Å². The summed E-state index contributed by atoms with van der Waals surface area (Å²) in [5, 5.41) is 2.60. The molecule has 7 nitrogen and oxygen atoms in total. The average molecular weight is 459 g/mol. The highest BCUT2D eigenvalue weighted by Gasteiger charge is 2.28. The molecule has 1 aromatic carbocycles. The lowest BCUT2D eigenvalue weighted by molar-refractivity contribution is -0.154. The Morgan fingerprint density at radius 1 is 1.10 bits per heavy atom. The number of aryl methyl sites for hydroxylation is 1. The zero-order valence-corrected chi connectivity index (χ0v) is 18.0. The number of aromatic nitrogens is 1. The molecule has 1 heterocycles. The number of ether oxygens (including phenoxy) is 1. The molecule has 0 saturated carbocycles. The number of carbonyl (C=O) groups is 1. The highest BCUT2D eigenvalue weighted by Crippen LogP contribution is 2.19. The fourth-order valence-electron chi connectivity index (χ4n) is 2.72. The number of benzene rings is 1. The number of anilines is 1. The van der Waals surface area contributed by atoms with Crippen LogP contribution in [0.2, 0.25) is 0 Å². The number of pyridine rings is 1. The Morgan fingerprint density at radius 3 is 2.26 bits per heavy atom. The van der Waals surface area contributed by atoms with E-state index in [1.54, 1.807) is 26.0 Å². The van der Waals surface area contributed by atoms with Gasteiger partial charge >= 0.3 is 6.18 Å². The quantitative estimate of drug-likeness (QED) is 0.586. The van der Waals surface area contributed by atoms with Crippen molar-refractivity contribution in [2.45, 2.75) is 37.8 Å². The molecule has 11 heteroatoms. The van der Waals surface area contributed by atoms with E-state index < -0.39 is 22.8 Å². The van der Waals surface area contributed by atoms with Crippen LogP contribution in [0.15, 0.2) is 47.5 Å². The van der Waals surface area contributed by atoms with Gasteiger partial charge in [-0.2, -0.15) is 17.5 Å². The van der Waals surface area contributed by atoms with Crippen LogP contribution in [-0.4, -0.2) is 49.5 Å². The molecule has 0 aliphatic heterocycles. The number of nitrogens with zero attached hydrogens (tertiary/aromatic N) is 2. The van der Waals surface area contributed by atoms with E-state index in [4.69, 9.17) is 0 Å². The average Bonchev–Trinajstić information content (AvgIpc) is 2.72. The number of hydrogen-bond acceptors (Lipinski definition) is 5. The minimum absolute atomic E-state index is 0.133. The lowest BCUT2D eigenvalue weighted by atomic mass is 10.1. The molecule has 0 fully saturated rings. The van der Waals surface area contributed by atoms with Crippen molar-refractivity contribution in [2.24, 2.45) is 0 Å². The Labute approximate surface area is 179 Å². The monoisotopic (exact) mass is 459 g/mol. The maximum Gasteiger partial charge on any atom is 0.422 e. The molecule has 1 amide bonds. The first-order valence-corrected chi connectivity index (χ1v) is 11.0. The Kier molecular flexibility index (Phi) is 8.40. The van der Waals surface area contributed by atoms with Gasteiger partial charge in [0.2, 0.25) is 21.8 Å². The minimum atomic E-state index is -4.46. The second-order valence-electron chi connectivity index (χ2n) is 6.57. The SMILES string of the molecule is CCN(CC)S(=O)(=O)c1ccc(CCC(=O)Nc2ccc(OCC(F)(F)F)nc2)cc1. The molecule has 0 radical (unpaired) electrons. The Morgan fingerprint density at radius 2 is 1.74 bits per heavy atom. The van der Waals surface area contributed by atoms with Crippen molar-refractivity contribution in [2.75, 3.05) is 25.0 Å². The van der Waals surface area contributed by atoms with Crippen molar-refractivity contribution < 1.29 is 31.1 Å². The molecular formula is C20H24F3N3O4S. The molecule has 1 N–H and O–H groups in total. The number of nitrogens with one attached hydrogen (secondary N) is 1. The zero-order chi connectivity index (χ0) is 23.1. The van der Waals surface area contributed by atoms with E-state index in [1.807, 2.05) is 0 Å². The molecule has 0 bridgehead atoms. The molecular weight excluding hydrogens is 435 g/mol. The van der Waals surface area contributed by atoms with Crippen LogP contribution in [0.3, 0.4) is 0 Å². The van der Waals surface area contributed by atoms with Gasteiger partial charge in [0.05, 0.1) is 16.8 Å². The maximum absolute atomic E-state index is 12.5. The topological polar surface area (TPSA) is 88.6 Å².